The van der Waals surface area contributed by atoms with Gasteiger partial charge in [-0.15, -0.1) is 0 Å². The number of hydrogen-bond acceptors (Lipinski definition) is 6. The normalized spacial score (nSPS) is 11.0. The number of fused-ring (bicyclic) bond motifs is 2. The van der Waals surface area contributed by atoms with E-state index in [4.69, 9.17) is 0 Å². The molecule has 0 radical (unpaired) electrons. The van der Waals surface area contributed by atoms with E-state index in [1.54, 1.807) is 31.0 Å². The Balaban J connectivity index is 1.91. The molecule has 4 aromatic heterocycles. The summed E-state index contributed by atoms with van der Waals surface area (Å²) < 4.78 is 0. The lowest BCUT2D eigenvalue weighted by Gasteiger charge is -2.02. The van der Waals surface area contributed by atoms with Crippen LogP contribution in [0.2, 0.25) is 0 Å². The Morgan fingerprint density at radius 3 is 2.55 bits per heavy atom. The highest BCUT2D eigenvalue weighted by molar-refractivity contribution is 5.77. The summed E-state index contributed by atoms with van der Waals surface area (Å²) in [5, 5.41) is 0. The lowest BCUT2D eigenvalue weighted by molar-refractivity contribution is 1.19. The van der Waals surface area contributed by atoms with Crippen LogP contribution in [0.4, 0.5) is 0 Å². The van der Waals surface area contributed by atoms with E-state index in [0.717, 1.165) is 22.2 Å². The third-order valence-electron chi connectivity index (χ3n) is 2.94. The molecule has 0 aliphatic heterocycles. The summed E-state index contributed by atoms with van der Waals surface area (Å²) >= 11 is 0. The fourth-order valence-corrected chi connectivity index (χ4v) is 1.98. The van der Waals surface area contributed by atoms with Crippen LogP contribution in [-0.4, -0.2) is 29.9 Å². The van der Waals surface area contributed by atoms with Crippen molar-refractivity contribution in [1.29, 1.82) is 0 Å². The molecule has 0 aromatic carbocycles. The zero-order valence-electron chi connectivity index (χ0n) is 10.3. The van der Waals surface area contributed by atoms with E-state index in [2.05, 4.69) is 29.9 Å². The maximum absolute atomic E-state index is 4.52. The standard InChI is InChI=1S/C14H8N6/c1-2-11-14(17-6-5-16-11)20-10(1)13-8-18-9-3-4-15-7-12(9)19-13/h1-8H. The number of rotatable bonds is 1. The van der Waals surface area contributed by atoms with Crippen molar-refractivity contribution in [3.63, 3.8) is 0 Å². The van der Waals surface area contributed by atoms with Gasteiger partial charge in [-0.2, -0.15) is 0 Å². The van der Waals surface area contributed by atoms with Gasteiger partial charge in [0.05, 0.1) is 23.6 Å². The van der Waals surface area contributed by atoms with Crippen molar-refractivity contribution in [1.82, 2.24) is 29.9 Å². The third-order valence-corrected chi connectivity index (χ3v) is 2.94. The average Bonchev–Trinajstić information content (AvgIpc) is 2.54. The Kier molecular flexibility index (Phi) is 2.32. The zero-order chi connectivity index (χ0) is 13.4. The Labute approximate surface area is 113 Å². The molecule has 0 spiro atoms. The average molecular weight is 260 g/mol. The Hall–Kier alpha value is -3.02. The predicted octanol–water partition coefficient (Wildman–Crippen LogP) is 2.03. The molecule has 4 aromatic rings. The molecule has 0 bridgehead atoms. The quantitative estimate of drug-likeness (QED) is 0.521. The van der Waals surface area contributed by atoms with Gasteiger partial charge in [0.25, 0.3) is 0 Å². The molecule has 0 amide bonds. The second-order valence-electron chi connectivity index (χ2n) is 4.22. The molecular weight excluding hydrogens is 252 g/mol. The van der Waals surface area contributed by atoms with E-state index in [9.17, 15) is 0 Å². The van der Waals surface area contributed by atoms with Crippen LogP contribution in [0.15, 0.2) is 49.2 Å². The highest BCUT2D eigenvalue weighted by atomic mass is 14.9. The monoisotopic (exact) mass is 260 g/mol. The number of pyridine rings is 2. The van der Waals surface area contributed by atoms with Crippen molar-refractivity contribution >= 4 is 22.2 Å². The molecule has 0 saturated carbocycles. The third kappa shape index (κ3) is 1.74. The van der Waals surface area contributed by atoms with Crippen LogP contribution in [0.3, 0.4) is 0 Å². The van der Waals surface area contributed by atoms with Gasteiger partial charge in [-0.3, -0.25) is 15.0 Å². The van der Waals surface area contributed by atoms with Gasteiger partial charge in [-0.25, -0.2) is 15.0 Å². The van der Waals surface area contributed by atoms with E-state index < -0.39 is 0 Å². The van der Waals surface area contributed by atoms with Crippen LogP contribution >= 0.6 is 0 Å². The van der Waals surface area contributed by atoms with Gasteiger partial charge in [-0.1, -0.05) is 0 Å². The van der Waals surface area contributed by atoms with Crippen LogP contribution in [0.25, 0.3) is 33.6 Å². The second kappa shape index (κ2) is 4.27. The molecular formula is C14H8N6. The first-order valence-electron chi connectivity index (χ1n) is 6.05. The van der Waals surface area contributed by atoms with E-state index >= 15 is 0 Å². The van der Waals surface area contributed by atoms with Crippen LogP contribution in [0.5, 0.6) is 0 Å². The van der Waals surface area contributed by atoms with Gasteiger partial charge in [0, 0.05) is 18.6 Å². The van der Waals surface area contributed by atoms with Gasteiger partial charge < -0.3 is 0 Å². The van der Waals surface area contributed by atoms with E-state index in [-0.39, 0.29) is 0 Å². The predicted molar refractivity (Wildman–Crippen MR) is 73.7 cm³/mol. The Morgan fingerprint density at radius 1 is 0.600 bits per heavy atom. The van der Waals surface area contributed by atoms with E-state index in [0.29, 0.717) is 11.3 Å². The summed E-state index contributed by atoms with van der Waals surface area (Å²) in [6.07, 6.45) is 8.35. The largest absolute Gasteiger partial charge is 0.262 e. The summed E-state index contributed by atoms with van der Waals surface area (Å²) in [6, 6.07) is 5.56. The summed E-state index contributed by atoms with van der Waals surface area (Å²) in [5.74, 6) is 0. The molecule has 0 fully saturated rings. The van der Waals surface area contributed by atoms with E-state index in [1.165, 1.54) is 0 Å². The lowest BCUT2D eigenvalue weighted by Crippen LogP contribution is -1.93. The van der Waals surface area contributed by atoms with Crippen LogP contribution in [-0.2, 0) is 0 Å². The highest BCUT2D eigenvalue weighted by Gasteiger charge is 2.06. The fourth-order valence-electron chi connectivity index (χ4n) is 1.98. The summed E-state index contributed by atoms with van der Waals surface area (Å²) in [7, 11) is 0. The molecule has 0 unspecified atom stereocenters. The lowest BCUT2D eigenvalue weighted by atomic mass is 10.2. The van der Waals surface area contributed by atoms with Crippen LogP contribution < -0.4 is 0 Å². The zero-order valence-corrected chi connectivity index (χ0v) is 10.3. The second-order valence-corrected chi connectivity index (χ2v) is 4.22. The van der Waals surface area contributed by atoms with Gasteiger partial charge in [0.1, 0.15) is 16.7 Å². The smallest absolute Gasteiger partial charge is 0.178 e. The molecule has 0 saturated heterocycles. The van der Waals surface area contributed by atoms with Gasteiger partial charge >= 0.3 is 0 Å². The van der Waals surface area contributed by atoms with E-state index in [1.807, 2.05) is 18.2 Å². The highest BCUT2D eigenvalue weighted by Crippen LogP contribution is 2.18. The molecule has 20 heavy (non-hydrogen) atoms. The van der Waals surface area contributed by atoms with Crippen LogP contribution in [0, 0.1) is 0 Å². The molecule has 0 N–H and O–H groups in total. The van der Waals surface area contributed by atoms with Crippen molar-refractivity contribution in [2.45, 2.75) is 0 Å². The van der Waals surface area contributed by atoms with Gasteiger partial charge in [-0.05, 0) is 18.2 Å². The number of aromatic nitrogens is 6. The summed E-state index contributed by atoms with van der Waals surface area (Å²) in [5.41, 5.74) is 4.31. The van der Waals surface area contributed by atoms with Crippen molar-refractivity contribution in [3.05, 3.63) is 49.2 Å². The molecule has 4 rings (SSSR count). The van der Waals surface area contributed by atoms with Crippen molar-refractivity contribution in [2.24, 2.45) is 0 Å². The Morgan fingerprint density at radius 2 is 1.55 bits per heavy atom. The summed E-state index contributed by atoms with van der Waals surface area (Å²) in [4.78, 5) is 25.8. The first kappa shape index (κ1) is 10.9. The van der Waals surface area contributed by atoms with Crippen molar-refractivity contribution < 1.29 is 0 Å². The van der Waals surface area contributed by atoms with Gasteiger partial charge in [0.15, 0.2) is 5.65 Å². The minimum absolute atomic E-state index is 0.595. The first-order valence-corrected chi connectivity index (χ1v) is 6.05. The van der Waals surface area contributed by atoms with Crippen molar-refractivity contribution in [3.8, 4) is 11.4 Å². The minimum Gasteiger partial charge on any atom is -0.262 e. The molecule has 0 atom stereocenters. The first-order chi connectivity index (χ1) is 9.90. The maximum atomic E-state index is 4.52. The topological polar surface area (TPSA) is 77.3 Å². The molecule has 6 heteroatoms. The Bertz CT molecular complexity index is 844. The summed E-state index contributed by atoms with van der Waals surface area (Å²) in [6.45, 7) is 0. The molecule has 94 valence electrons. The number of hydrogen-bond donors (Lipinski definition) is 0. The maximum Gasteiger partial charge on any atom is 0.178 e. The molecule has 0 aliphatic carbocycles. The minimum atomic E-state index is 0.595. The SMILES string of the molecule is c1cc2ncc(-c3ccc4nccnc4n3)nc2cn1. The van der Waals surface area contributed by atoms with Crippen molar-refractivity contribution in [2.75, 3.05) is 0 Å². The number of nitrogens with zero attached hydrogens (tertiary/aromatic N) is 6. The molecule has 0 aliphatic rings. The fraction of sp³-hybridized carbons (Fsp3) is 0. The molecule has 6 nitrogen and oxygen atoms in total. The van der Waals surface area contributed by atoms with Crippen LogP contribution in [0.1, 0.15) is 0 Å². The van der Waals surface area contributed by atoms with Gasteiger partial charge in [0.2, 0.25) is 0 Å². The molecule has 4 heterocycles.